The average Bonchev–Trinajstić information content (AvgIpc) is 3.08. The van der Waals surface area contributed by atoms with Crippen LogP contribution in [0.3, 0.4) is 0 Å². The van der Waals surface area contributed by atoms with Gasteiger partial charge >= 0.3 is 12.1 Å². The minimum Gasteiger partial charge on any atom is -0.475 e. The Hall–Kier alpha value is -2.68. The van der Waals surface area contributed by atoms with Crippen molar-refractivity contribution in [2.24, 2.45) is 5.41 Å². The van der Waals surface area contributed by atoms with E-state index in [-0.39, 0.29) is 0 Å². The van der Waals surface area contributed by atoms with Crippen molar-refractivity contribution in [3.05, 3.63) is 54.4 Å². The maximum absolute atomic E-state index is 10.6. The number of likely N-dealkylation sites (tertiary alicyclic amines) is 1. The highest BCUT2D eigenvalue weighted by molar-refractivity contribution is 5.73. The molecule has 2 fully saturated rings. The number of benzene rings is 1. The predicted octanol–water partition coefficient (Wildman–Crippen LogP) is 2.82. The van der Waals surface area contributed by atoms with Crippen molar-refractivity contribution in [1.29, 1.82) is 0 Å². The molecule has 0 unspecified atom stereocenters. The summed E-state index contributed by atoms with van der Waals surface area (Å²) >= 11 is 0. The van der Waals surface area contributed by atoms with Gasteiger partial charge in [0, 0.05) is 50.5 Å². The van der Waals surface area contributed by atoms with Gasteiger partial charge in [-0.05, 0) is 18.1 Å². The highest BCUT2D eigenvalue weighted by Gasteiger charge is 2.47. The molecule has 1 N–H and O–H groups in total. The molecule has 1 aromatic heterocycles. The zero-order chi connectivity index (χ0) is 20.2. The lowest BCUT2D eigenvalue weighted by molar-refractivity contribution is -0.192. The molecule has 0 atom stereocenters. The van der Waals surface area contributed by atoms with E-state index in [1.54, 1.807) is 0 Å². The van der Waals surface area contributed by atoms with E-state index in [0.29, 0.717) is 5.41 Å². The van der Waals surface area contributed by atoms with Gasteiger partial charge in [-0.1, -0.05) is 30.3 Å². The normalized spacial score (nSPS) is 18.3. The fraction of sp³-hybridized carbons (Fsp3) is 0.421. The van der Waals surface area contributed by atoms with Crippen molar-refractivity contribution >= 4 is 11.9 Å². The van der Waals surface area contributed by atoms with Crippen molar-refractivity contribution in [2.75, 3.05) is 31.1 Å². The van der Waals surface area contributed by atoms with Gasteiger partial charge in [-0.15, -0.1) is 0 Å². The molecule has 28 heavy (non-hydrogen) atoms. The summed E-state index contributed by atoms with van der Waals surface area (Å²) in [6, 6.07) is 12.6. The second kappa shape index (κ2) is 8.14. The van der Waals surface area contributed by atoms with Crippen LogP contribution in [0.2, 0.25) is 0 Å². The SMILES string of the molecule is O=C(O)C(F)(F)F.c1ccc(CN2CC3(CCN(c4ncccn4)C3)C2)cc1. The number of anilines is 1. The number of carboxylic acids is 1. The Kier molecular flexibility index (Phi) is 5.83. The molecule has 9 heteroatoms. The van der Waals surface area contributed by atoms with Gasteiger partial charge in [-0.3, -0.25) is 4.90 Å². The lowest BCUT2D eigenvalue weighted by Crippen LogP contribution is -2.56. The summed E-state index contributed by atoms with van der Waals surface area (Å²) in [7, 11) is 0. The van der Waals surface area contributed by atoms with Crippen molar-refractivity contribution in [3.8, 4) is 0 Å². The molecule has 4 rings (SSSR count). The van der Waals surface area contributed by atoms with Crippen LogP contribution in [0.15, 0.2) is 48.8 Å². The molecule has 0 aliphatic carbocycles. The third-order valence-electron chi connectivity index (χ3n) is 4.88. The van der Waals surface area contributed by atoms with Crippen LogP contribution in [0, 0.1) is 5.41 Å². The van der Waals surface area contributed by atoms with Crippen molar-refractivity contribution < 1.29 is 23.1 Å². The average molecular weight is 394 g/mol. The molecule has 0 radical (unpaired) electrons. The Morgan fingerprint density at radius 1 is 1.07 bits per heavy atom. The van der Waals surface area contributed by atoms with Crippen LogP contribution in [0.4, 0.5) is 19.1 Å². The number of halogens is 3. The quantitative estimate of drug-likeness (QED) is 0.864. The van der Waals surface area contributed by atoms with Gasteiger partial charge < -0.3 is 10.0 Å². The summed E-state index contributed by atoms with van der Waals surface area (Å²) in [6.07, 6.45) is -0.165. The summed E-state index contributed by atoms with van der Waals surface area (Å²) in [4.78, 5) is 22.5. The fourth-order valence-electron chi connectivity index (χ4n) is 3.67. The van der Waals surface area contributed by atoms with Crippen molar-refractivity contribution in [1.82, 2.24) is 14.9 Å². The third-order valence-corrected chi connectivity index (χ3v) is 4.88. The number of rotatable bonds is 3. The lowest BCUT2D eigenvalue weighted by atomic mass is 9.79. The Bertz CT molecular complexity index is 781. The Morgan fingerprint density at radius 2 is 1.68 bits per heavy atom. The molecule has 1 aromatic carbocycles. The molecule has 1 spiro atoms. The molecule has 2 aromatic rings. The predicted molar refractivity (Wildman–Crippen MR) is 96.7 cm³/mol. The summed E-state index contributed by atoms with van der Waals surface area (Å²) in [5, 5.41) is 7.12. The number of aromatic nitrogens is 2. The number of alkyl halides is 3. The van der Waals surface area contributed by atoms with E-state index < -0.39 is 12.1 Å². The zero-order valence-electron chi connectivity index (χ0n) is 15.1. The molecule has 3 heterocycles. The van der Waals surface area contributed by atoms with E-state index >= 15 is 0 Å². The van der Waals surface area contributed by atoms with E-state index in [9.17, 15) is 13.2 Å². The smallest absolute Gasteiger partial charge is 0.475 e. The molecule has 0 bridgehead atoms. The highest BCUT2D eigenvalue weighted by atomic mass is 19.4. The monoisotopic (exact) mass is 394 g/mol. The summed E-state index contributed by atoms with van der Waals surface area (Å²) in [5.41, 5.74) is 1.88. The maximum Gasteiger partial charge on any atom is 0.490 e. The minimum atomic E-state index is -5.08. The lowest BCUT2D eigenvalue weighted by Gasteiger charge is -2.48. The number of nitrogens with zero attached hydrogens (tertiary/aromatic N) is 4. The zero-order valence-corrected chi connectivity index (χ0v) is 15.1. The summed E-state index contributed by atoms with van der Waals surface area (Å²) in [6.45, 7) is 5.66. The molecular formula is C19H21F3N4O2. The Balaban J connectivity index is 0.000000279. The number of aliphatic carboxylic acids is 1. The van der Waals surface area contributed by atoms with Gasteiger partial charge in [0.15, 0.2) is 0 Å². The van der Waals surface area contributed by atoms with E-state index in [4.69, 9.17) is 9.90 Å². The van der Waals surface area contributed by atoms with Gasteiger partial charge in [0.1, 0.15) is 0 Å². The first-order valence-corrected chi connectivity index (χ1v) is 8.86. The van der Waals surface area contributed by atoms with Gasteiger partial charge in [0.25, 0.3) is 0 Å². The first kappa shape index (κ1) is 20.1. The van der Waals surface area contributed by atoms with Crippen LogP contribution in [0.25, 0.3) is 0 Å². The minimum absolute atomic E-state index is 0.466. The van der Waals surface area contributed by atoms with Crippen molar-refractivity contribution in [2.45, 2.75) is 19.1 Å². The van der Waals surface area contributed by atoms with Crippen molar-refractivity contribution in [3.63, 3.8) is 0 Å². The molecule has 6 nitrogen and oxygen atoms in total. The van der Waals surface area contributed by atoms with Gasteiger partial charge in [-0.25, -0.2) is 14.8 Å². The van der Waals surface area contributed by atoms with Crippen LogP contribution < -0.4 is 4.90 Å². The number of hydrogen-bond donors (Lipinski definition) is 1. The number of carboxylic acid groups (broad SMARTS) is 1. The molecule has 0 saturated carbocycles. The largest absolute Gasteiger partial charge is 0.490 e. The van der Waals surface area contributed by atoms with Crippen LogP contribution in [-0.2, 0) is 11.3 Å². The van der Waals surface area contributed by atoms with Crippen LogP contribution >= 0.6 is 0 Å². The fourth-order valence-corrected chi connectivity index (χ4v) is 3.67. The molecule has 2 aliphatic heterocycles. The molecule has 2 saturated heterocycles. The molecule has 150 valence electrons. The first-order chi connectivity index (χ1) is 13.3. The Labute approximate surface area is 160 Å². The van der Waals surface area contributed by atoms with Gasteiger partial charge in [0.2, 0.25) is 5.95 Å². The van der Waals surface area contributed by atoms with E-state index in [1.165, 1.54) is 25.1 Å². The van der Waals surface area contributed by atoms with Crippen LogP contribution in [0.1, 0.15) is 12.0 Å². The summed E-state index contributed by atoms with van der Waals surface area (Å²) in [5.74, 6) is -1.87. The molecular weight excluding hydrogens is 373 g/mol. The van der Waals surface area contributed by atoms with E-state index in [2.05, 4.69) is 50.1 Å². The maximum atomic E-state index is 10.6. The number of hydrogen-bond acceptors (Lipinski definition) is 5. The standard InChI is InChI=1S/C17H20N4.C2HF3O2/c1-2-5-15(6-3-1)11-20-12-17(13-20)7-10-21(14-17)16-18-8-4-9-19-16;3-2(4,5)1(6)7/h1-6,8-9H,7,10-14H2;(H,6,7). The van der Waals surface area contributed by atoms with E-state index in [0.717, 1.165) is 25.6 Å². The summed E-state index contributed by atoms with van der Waals surface area (Å²) < 4.78 is 31.7. The first-order valence-electron chi connectivity index (χ1n) is 8.86. The second-order valence-electron chi connectivity index (χ2n) is 7.15. The topological polar surface area (TPSA) is 69.6 Å². The molecule has 2 aliphatic rings. The highest BCUT2D eigenvalue weighted by Crippen LogP contribution is 2.40. The number of carbonyl (C=O) groups is 1. The second-order valence-corrected chi connectivity index (χ2v) is 7.15. The third kappa shape index (κ3) is 4.98. The van der Waals surface area contributed by atoms with E-state index in [1.807, 2.05) is 18.5 Å². The molecule has 0 amide bonds. The van der Waals surface area contributed by atoms with Crippen LogP contribution in [0.5, 0.6) is 0 Å². The van der Waals surface area contributed by atoms with Gasteiger partial charge in [0.05, 0.1) is 0 Å². The Morgan fingerprint density at radius 3 is 2.25 bits per heavy atom. The van der Waals surface area contributed by atoms with Crippen LogP contribution in [-0.4, -0.2) is 58.3 Å². The van der Waals surface area contributed by atoms with Gasteiger partial charge in [-0.2, -0.15) is 13.2 Å².